The van der Waals surface area contributed by atoms with Crippen LogP contribution in [0.3, 0.4) is 0 Å². The molecule has 0 bridgehead atoms. The molecule has 0 aromatic heterocycles. The van der Waals surface area contributed by atoms with Crippen LogP contribution in [-0.2, 0) is 14.3 Å². The predicted molar refractivity (Wildman–Crippen MR) is 93.4 cm³/mol. The van der Waals surface area contributed by atoms with Gasteiger partial charge < -0.3 is 9.84 Å². The van der Waals surface area contributed by atoms with Gasteiger partial charge in [0.1, 0.15) is 0 Å². The first kappa shape index (κ1) is 21.9. The summed E-state index contributed by atoms with van der Waals surface area (Å²) in [5.41, 5.74) is -0.352. The van der Waals surface area contributed by atoms with Crippen molar-refractivity contribution in [3.05, 3.63) is 0 Å². The smallest absolute Gasteiger partial charge is 0.310 e. The SMILES string of the molecule is CCCCCCCCCCOC(=O)C(CC(=O)O)C(C)(C)CC. The lowest BCUT2D eigenvalue weighted by atomic mass is 9.75. The molecule has 4 nitrogen and oxygen atoms in total. The highest BCUT2D eigenvalue weighted by molar-refractivity contribution is 5.79. The molecule has 0 spiro atoms. The van der Waals surface area contributed by atoms with Gasteiger partial charge >= 0.3 is 11.9 Å². The minimum atomic E-state index is -0.944. The van der Waals surface area contributed by atoms with Crippen molar-refractivity contribution >= 4 is 11.9 Å². The van der Waals surface area contributed by atoms with Crippen molar-refractivity contribution in [3.63, 3.8) is 0 Å². The molecule has 136 valence electrons. The first-order valence-corrected chi connectivity index (χ1v) is 9.23. The summed E-state index contributed by atoms with van der Waals surface area (Å²) >= 11 is 0. The fourth-order valence-electron chi connectivity index (χ4n) is 2.61. The molecule has 1 N–H and O–H groups in total. The number of carbonyl (C=O) groups excluding carboxylic acids is 1. The van der Waals surface area contributed by atoms with E-state index in [9.17, 15) is 9.59 Å². The highest BCUT2D eigenvalue weighted by Gasteiger charge is 2.36. The third-order valence-electron chi connectivity index (χ3n) is 4.76. The van der Waals surface area contributed by atoms with Crippen LogP contribution >= 0.6 is 0 Å². The number of carbonyl (C=O) groups is 2. The van der Waals surface area contributed by atoms with Gasteiger partial charge in [0.2, 0.25) is 0 Å². The summed E-state index contributed by atoms with van der Waals surface area (Å²) in [4.78, 5) is 23.2. The number of hydrogen-bond donors (Lipinski definition) is 1. The minimum Gasteiger partial charge on any atom is -0.481 e. The second kappa shape index (κ2) is 12.4. The van der Waals surface area contributed by atoms with Crippen LogP contribution < -0.4 is 0 Å². The number of hydrogen-bond acceptors (Lipinski definition) is 3. The van der Waals surface area contributed by atoms with E-state index < -0.39 is 11.9 Å². The molecule has 0 radical (unpaired) electrons. The number of carboxylic acids is 1. The monoisotopic (exact) mass is 328 g/mol. The molecule has 0 saturated heterocycles. The van der Waals surface area contributed by atoms with Gasteiger partial charge in [0.15, 0.2) is 0 Å². The summed E-state index contributed by atoms with van der Waals surface area (Å²) in [6, 6.07) is 0. The standard InChI is InChI=1S/C19H36O4/c1-5-7-8-9-10-11-12-13-14-23-18(22)16(15-17(20)21)19(3,4)6-2/h16H,5-15H2,1-4H3,(H,20,21). The van der Waals surface area contributed by atoms with Crippen LogP contribution in [0.2, 0.25) is 0 Å². The summed E-state index contributed by atoms with van der Waals surface area (Å²) in [5, 5.41) is 9.01. The quantitative estimate of drug-likeness (QED) is 0.352. The van der Waals surface area contributed by atoms with Crippen molar-refractivity contribution in [3.8, 4) is 0 Å². The number of ether oxygens (including phenoxy) is 1. The molecule has 0 heterocycles. The molecule has 0 aromatic rings. The van der Waals surface area contributed by atoms with Gasteiger partial charge in [0.25, 0.3) is 0 Å². The maximum Gasteiger partial charge on any atom is 0.310 e. The fourth-order valence-corrected chi connectivity index (χ4v) is 2.61. The number of rotatable bonds is 14. The zero-order chi connectivity index (χ0) is 17.7. The van der Waals surface area contributed by atoms with Crippen LogP contribution in [0.4, 0.5) is 0 Å². The van der Waals surface area contributed by atoms with Gasteiger partial charge in [-0.1, -0.05) is 79.1 Å². The fraction of sp³-hybridized carbons (Fsp3) is 0.895. The van der Waals surface area contributed by atoms with Crippen LogP contribution in [0.5, 0.6) is 0 Å². The van der Waals surface area contributed by atoms with Crippen molar-refractivity contribution in [2.24, 2.45) is 11.3 Å². The van der Waals surface area contributed by atoms with E-state index in [-0.39, 0.29) is 17.8 Å². The minimum absolute atomic E-state index is 0.156. The third kappa shape index (κ3) is 10.4. The van der Waals surface area contributed by atoms with Gasteiger partial charge in [-0.2, -0.15) is 0 Å². The molecule has 1 atom stereocenters. The maximum atomic E-state index is 12.2. The summed E-state index contributed by atoms with van der Waals surface area (Å²) in [6.07, 6.45) is 10.1. The number of carboxylic acid groups (broad SMARTS) is 1. The van der Waals surface area contributed by atoms with Crippen LogP contribution in [0.1, 0.15) is 91.9 Å². The second-order valence-electron chi connectivity index (χ2n) is 7.13. The zero-order valence-corrected chi connectivity index (χ0v) is 15.5. The van der Waals surface area contributed by atoms with Gasteiger partial charge in [0, 0.05) is 0 Å². The highest BCUT2D eigenvalue weighted by atomic mass is 16.5. The Kier molecular flexibility index (Phi) is 11.8. The summed E-state index contributed by atoms with van der Waals surface area (Å²) in [6.45, 7) is 8.45. The van der Waals surface area contributed by atoms with E-state index in [4.69, 9.17) is 9.84 Å². The third-order valence-corrected chi connectivity index (χ3v) is 4.76. The first-order chi connectivity index (χ1) is 10.8. The Bertz CT molecular complexity index is 336. The van der Waals surface area contributed by atoms with E-state index in [0.717, 1.165) is 19.3 Å². The van der Waals surface area contributed by atoms with Crippen molar-refractivity contribution in [1.29, 1.82) is 0 Å². The van der Waals surface area contributed by atoms with Gasteiger partial charge in [0.05, 0.1) is 18.9 Å². The van der Waals surface area contributed by atoms with Gasteiger partial charge in [-0.25, -0.2) is 0 Å². The molecule has 0 aliphatic carbocycles. The Labute approximate surface area is 142 Å². The normalized spacial score (nSPS) is 12.9. The summed E-state index contributed by atoms with van der Waals surface area (Å²) < 4.78 is 5.34. The molecule has 23 heavy (non-hydrogen) atoms. The van der Waals surface area contributed by atoms with Gasteiger partial charge in [-0.3, -0.25) is 9.59 Å². The molecule has 4 heteroatoms. The molecule has 0 saturated carbocycles. The Morgan fingerprint density at radius 1 is 0.957 bits per heavy atom. The molecular weight excluding hydrogens is 292 g/mol. The van der Waals surface area contributed by atoms with Crippen LogP contribution in [0, 0.1) is 11.3 Å². The maximum absolute atomic E-state index is 12.2. The van der Waals surface area contributed by atoms with E-state index in [1.54, 1.807) is 0 Å². The van der Waals surface area contributed by atoms with Crippen molar-refractivity contribution in [2.45, 2.75) is 91.9 Å². The Morgan fingerprint density at radius 3 is 1.96 bits per heavy atom. The van der Waals surface area contributed by atoms with E-state index in [1.807, 2.05) is 20.8 Å². The molecular formula is C19H36O4. The van der Waals surface area contributed by atoms with Crippen molar-refractivity contribution in [2.75, 3.05) is 6.61 Å². The second-order valence-corrected chi connectivity index (χ2v) is 7.13. The van der Waals surface area contributed by atoms with E-state index in [2.05, 4.69) is 6.92 Å². The Morgan fingerprint density at radius 2 is 1.48 bits per heavy atom. The van der Waals surface area contributed by atoms with Gasteiger partial charge in [-0.05, 0) is 11.8 Å². The molecule has 0 amide bonds. The summed E-state index contributed by atoms with van der Waals surface area (Å²) in [5.74, 6) is -1.87. The van der Waals surface area contributed by atoms with Crippen molar-refractivity contribution in [1.82, 2.24) is 0 Å². The molecule has 1 unspecified atom stereocenters. The van der Waals surface area contributed by atoms with E-state index in [1.165, 1.54) is 38.5 Å². The Balaban J connectivity index is 3.98. The van der Waals surface area contributed by atoms with Crippen LogP contribution in [0.15, 0.2) is 0 Å². The molecule has 0 aliphatic heterocycles. The Hall–Kier alpha value is -1.06. The average molecular weight is 328 g/mol. The zero-order valence-electron chi connectivity index (χ0n) is 15.5. The van der Waals surface area contributed by atoms with Gasteiger partial charge in [-0.15, -0.1) is 0 Å². The predicted octanol–water partition coefficient (Wildman–Crippen LogP) is 5.20. The number of aliphatic carboxylic acids is 1. The van der Waals surface area contributed by atoms with Crippen molar-refractivity contribution < 1.29 is 19.4 Å². The largest absolute Gasteiger partial charge is 0.481 e. The molecule has 0 rings (SSSR count). The first-order valence-electron chi connectivity index (χ1n) is 9.23. The topological polar surface area (TPSA) is 63.6 Å². The molecule has 0 aromatic carbocycles. The van der Waals surface area contributed by atoms with E-state index in [0.29, 0.717) is 6.61 Å². The summed E-state index contributed by atoms with van der Waals surface area (Å²) in [7, 11) is 0. The number of unbranched alkanes of at least 4 members (excludes halogenated alkanes) is 7. The average Bonchev–Trinajstić information content (AvgIpc) is 2.50. The molecule has 0 aliphatic rings. The lowest BCUT2D eigenvalue weighted by Gasteiger charge is -2.30. The number of esters is 1. The van der Waals surface area contributed by atoms with Crippen LogP contribution in [-0.4, -0.2) is 23.7 Å². The van der Waals surface area contributed by atoms with E-state index >= 15 is 0 Å². The van der Waals surface area contributed by atoms with Crippen LogP contribution in [0.25, 0.3) is 0 Å². The highest BCUT2D eigenvalue weighted by Crippen LogP contribution is 2.34. The lowest BCUT2D eigenvalue weighted by molar-refractivity contribution is -0.158. The molecule has 0 fully saturated rings. The lowest BCUT2D eigenvalue weighted by Crippen LogP contribution is -2.34.